The highest BCUT2D eigenvalue weighted by atomic mass is 16.5. The summed E-state index contributed by atoms with van der Waals surface area (Å²) in [5.41, 5.74) is 4.61. The number of nitrogens with zero attached hydrogens (tertiary/aromatic N) is 1. The smallest absolute Gasteiger partial charge is 0.255 e. The van der Waals surface area contributed by atoms with Gasteiger partial charge in [0, 0.05) is 22.9 Å². The molecule has 0 bridgehead atoms. The lowest BCUT2D eigenvalue weighted by Crippen LogP contribution is -2.12. The molecular weight excluding hydrogens is 404 g/mol. The molecule has 0 aliphatic rings. The maximum absolute atomic E-state index is 12.8. The third-order valence-electron chi connectivity index (χ3n) is 5.26. The van der Waals surface area contributed by atoms with Gasteiger partial charge in [0.05, 0.1) is 14.2 Å². The lowest BCUT2D eigenvalue weighted by Gasteiger charge is -2.18. The first-order valence-electron chi connectivity index (χ1n) is 10.3. The van der Waals surface area contributed by atoms with Crippen molar-refractivity contribution in [2.24, 2.45) is 0 Å². The zero-order chi connectivity index (χ0) is 22.9. The van der Waals surface area contributed by atoms with Crippen LogP contribution in [-0.2, 0) is 5.41 Å². The number of nitrogens with one attached hydrogen (secondary N) is 1. The van der Waals surface area contributed by atoms with Crippen molar-refractivity contribution in [1.29, 1.82) is 0 Å². The Labute approximate surface area is 187 Å². The van der Waals surface area contributed by atoms with E-state index in [-0.39, 0.29) is 11.3 Å². The Morgan fingerprint density at radius 1 is 0.906 bits per heavy atom. The SMILES string of the molecule is COc1cc(OC)cc(C(=O)Nc2ccc3oc(-c4ccc(C(C)(C)C)cc4)nc3c2)c1. The number of rotatable bonds is 5. The average Bonchev–Trinajstić information content (AvgIpc) is 3.21. The van der Waals surface area contributed by atoms with E-state index in [0.29, 0.717) is 39.7 Å². The van der Waals surface area contributed by atoms with Crippen LogP contribution in [0.3, 0.4) is 0 Å². The van der Waals surface area contributed by atoms with E-state index in [2.05, 4.69) is 43.2 Å². The quantitative estimate of drug-likeness (QED) is 0.416. The van der Waals surface area contributed by atoms with E-state index in [0.717, 1.165) is 5.56 Å². The summed E-state index contributed by atoms with van der Waals surface area (Å²) in [7, 11) is 3.09. The van der Waals surface area contributed by atoms with Crippen molar-refractivity contribution < 1.29 is 18.7 Å². The van der Waals surface area contributed by atoms with Gasteiger partial charge in [-0.2, -0.15) is 0 Å². The predicted octanol–water partition coefficient (Wildman–Crippen LogP) is 6.06. The number of anilines is 1. The van der Waals surface area contributed by atoms with E-state index in [1.54, 1.807) is 50.6 Å². The van der Waals surface area contributed by atoms with E-state index in [9.17, 15) is 4.79 Å². The number of carbonyl (C=O) groups is 1. The molecule has 4 rings (SSSR count). The first kappa shape index (κ1) is 21.4. The molecule has 1 heterocycles. The number of aromatic nitrogens is 1. The van der Waals surface area contributed by atoms with Crippen LogP contribution in [0.5, 0.6) is 11.5 Å². The van der Waals surface area contributed by atoms with Gasteiger partial charge in [0.2, 0.25) is 5.89 Å². The van der Waals surface area contributed by atoms with E-state index < -0.39 is 0 Å². The summed E-state index contributed by atoms with van der Waals surface area (Å²) in [6.45, 7) is 6.54. The van der Waals surface area contributed by atoms with Crippen LogP contribution in [0, 0.1) is 0 Å². The molecule has 0 saturated heterocycles. The normalized spacial score (nSPS) is 11.4. The molecule has 0 spiro atoms. The summed E-state index contributed by atoms with van der Waals surface area (Å²) in [5, 5.41) is 2.89. The number of ether oxygens (including phenoxy) is 2. The van der Waals surface area contributed by atoms with Crippen LogP contribution < -0.4 is 14.8 Å². The molecule has 0 saturated carbocycles. The predicted molar refractivity (Wildman–Crippen MR) is 126 cm³/mol. The molecule has 6 nitrogen and oxygen atoms in total. The van der Waals surface area contributed by atoms with Crippen LogP contribution in [0.4, 0.5) is 5.69 Å². The molecule has 32 heavy (non-hydrogen) atoms. The molecule has 3 aromatic carbocycles. The number of hydrogen-bond donors (Lipinski definition) is 1. The Morgan fingerprint density at radius 2 is 1.56 bits per heavy atom. The molecule has 1 aromatic heterocycles. The third-order valence-corrected chi connectivity index (χ3v) is 5.26. The van der Waals surface area contributed by atoms with E-state index in [1.165, 1.54) is 5.56 Å². The largest absolute Gasteiger partial charge is 0.497 e. The highest BCUT2D eigenvalue weighted by molar-refractivity contribution is 6.05. The molecule has 0 radical (unpaired) electrons. The van der Waals surface area contributed by atoms with Crippen molar-refractivity contribution in [3.8, 4) is 23.0 Å². The maximum Gasteiger partial charge on any atom is 0.255 e. The molecule has 0 aliphatic heterocycles. The Bertz CT molecular complexity index is 1250. The van der Waals surface area contributed by atoms with Crippen LogP contribution in [0.15, 0.2) is 65.1 Å². The van der Waals surface area contributed by atoms with Gasteiger partial charge in [-0.1, -0.05) is 32.9 Å². The fourth-order valence-corrected chi connectivity index (χ4v) is 3.38. The van der Waals surface area contributed by atoms with Crippen molar-refractivity contribution in [1.82, 2.24) is 4.98 Å². The highest BCUT2D eigenvalue weighted by Gasteiger charge is 2.15. The highest BCUT2D eigenvalue weighted by Crippen LogP contribution is 2.29. The van der Waals surface area contributed by atoms with Crippen molar-refractivity contribution in [2.75, 3.05) is 19.5 Å². The van der Waals surface area contributed by atoms with Gasteiger partial charge in [-0.25, -0.2) is 4.98 Å². The Kier molecular flexibility index (Phi) is 5.61. The van der Waals surface area contributed by atoms with Crippen LogP contribution in [0.2, 0.25) is 0 Å². The molecule has 6 heteroatoms. The molecule has 0 atom stereocenters. The van der Waals surface area contributed by atoms with Gasteiger partial charge in [0.15, 0.2) is 5.58 Å². The average molecular weight is 431 g/mol. The second-order valence-electron chi connectivity index (χ2n) is 8.58. The van der Waals surface area contributed by atoms with Crippen molar-refractivity contribution in [3.05, 3.63) is 71.8 Å². The zero-order valence-electron chi connectivity index (χ0n) is 18.9. The van der Waals surface area contributed by atoms with Gasteiger partial charge >= 0.3 is 0 Å². The first-order valence-corrected chi connectivity index (χ1v) is 10.3. The number of amides is 1. The lowest BCUT2D eigenvalue weighted by atomic mass is 9.87. The van der Waals surface area contributed by atoms with Crippen molar-refractivity contribution >= 4 is 22.7 Å². The maximum atomic E-state index is 12.8. The number of benzene rings is 3. The third kappa shape index (κ3) is 4.44. The van der Waals surface area contributed by atoms with Gasteiger partial charge in [-0.15, -0.1) is 0 Å². The minimum atomic E-state index is -0.275. The number of hydrogen-bond acceptors (Lipinski definition) is 5. The Balaban J connectivity index is 1.58. The molecule has 164 valence electrons. The molecule has 0 unspecified atom stereocenters. The summed E-state index contributed by atoms with van der Waals surface area (Å²) >= 11 is 0. The summed E-state index contributed by atoms with van der Waals surface area (Å²) in [5.74, 6) is 1.36. The topological polar surface area (TPSA) is 73.6 Å². The van der Waals surface area contributed by atoms with Crippen LogP contribution in [0.25, 0.3) is 22.6 Å². The second kappa shape index (κ2) is 8.38. The van der Waals surface area contributed by atoms with E-state index in [4.69, 9.17) is 13.9 Å². The van der Waals surface area contributed by atoms with Crippen molar-refractivity contribution in [3.63, 3.8) is 0 Å². The fourth-order valence-electron chi connectivity index (χ4n) is 3.38. The number of fused-ring (bicyclic) bond motifs is 1. The molecule has 1 amide bonds. The van der Waals surface area contributed by atoms with Gasteiger partial charge in [-0.05, 0) is 53.4 Å². The summed E-state index contributed by atoms with van der Waals surface area (Å²) in [4.78, 5) is 17.4. The lowest BCUT2D eigenvalue weighted by molar-refractivity contribution is 0.102. The number of methoxy groups -OCH3 is 2. The van der Waals surface area contributed by atoms with Crippen LogP contribution in [0.1, 0.15) is 36.7 Å². The summed E-state index contributed by atoms with van der Waals surface area (Å²) < 4.78 is 16.4. The standard InChI is InChI=1S/C26H26N2O4/c1-26(2,3)18-8-6-16(7-9-18)25-28-22-14-19(10-11-23(22)32-25)27-24(29)17-12-20(30-4)15-21(13-17)31-5/h6-15H,1-5H3,(H,27,29). The Morgan fingerprint density at radius 3 is 2.16 bits per heavy atom. The monoisotopic (exact) mass is 430 g/mol. The minimum absolute atomic E-state index is 0.0831. The summed E-state index contributed by atoms with van der Waals surface area (Å²) in [6, 6.07) is 18.6. The van der Waals surface area contributed by atoms with Gasteiger partial charge in [-0.3, -0.25) is 4.79 Å². The second-order valence-corrected chi connectivity index (χ2v) is 8.58. The van der Waals surface area contributed by atoms with Crippen LogP contribution >= 0.6 is 0 Å². The molecule has 0 fully saturated rings. The fraction of sp³-hybridized carbons (Fsp3) is 0.231. The van der Waals surface area contributed by atoms with Crippen molar-refractivity contribution in [2.45, 2.75) is 26.2 Å². The summed E-state index contributed by atoms with van der Waals surface area (Å²) in [6.07, 6.45) is 0. The van der Waals surface area contributed by atoms with Gasteiger partial charge in [0.25, 0.3) is 5.91 Å². The van der Waals surface area contributed by atoms with E-state index in [1.807, 2.05) is 12.1 Å². The van der Waals surface area contributed by atoms with Crippen LogP contribution in [-0.4, -0.2) is 25.1 Å². The number of oxazole rings is 1. The first-order chi connectivity index (χ1) is 15.3. The molecular formula is C26H26N2O4. The molecule has 4 aromatic rings. The van der Waals surface area contributed by atoms with Gasteiger partial charge < -0.3 is 19.2 Å². The molecule has 0 aliphatic carbocycles. The molecule has 1 N–H and O–H groups in total. The van der Waals surface area contributed by atoms with E-state index >= 15 is 0 Å². The zero-order valence-corrected chi connectivity index (χ0v) is 18.9. The Hall–Kier alpha value is -3.80. The van der Waals surface area contributed by atoms with Gasteiger partial charge in [0.1, 0.15) is 17.0 Å². The number of carbonyl (C=O) groups excluding carboxylic acids is 1. The minimum Gasteiger partial charge on any atom is -0.497 e.